The molecule has 1 saturated carbocycles. The first-order chi connectivity index (χ1) is 16.6. The van der Waals surface area contributed by atoms with Crippen LogP contribution in [0.25, 0.3) is 16.9 Å². The Hall–Kier alpha value is -3.46. The number of hydrogen-bond acceptors (Lipinski definition) is 6. The van der Waals surface area contributed by atoms with Crippen LogP contribution < -0.4 is 16.2 Å². The maximum atomic E-state index is 13.3. The smallest absolute Gasteiger partial charge is 0.278 e. The summed E-state index contributed by atoms with van der Waals surface area (Å²) in [5.41, 5.74) is 3.88. The molecule has 2 N–H and O–H groups in total. The van der Waals surface area contributed by atoms with Gasteiger partial charge in [-0.1, -0.05) is 6.07 Å². The van der Waals surface area contributed by atoms with Crippen LogP contribution in [0.15, 0.2) is 41.5 Å². The van der Waals surface area contributed by atoms with Gasteiger partial charge in [0.15, 0.2) is 11.5 Å². The quantitative estimate of drug-likeness (QED) is 0.466. The second kappa shape index (κ2) is 7.52. The lowest BCUT2D eigenvalue weighted by atomic mass is 9.85. The highest BCUT2D eigenvalue weighted by Crippen LogP contribution is 2.36. The number of anilines is 2. The van der Waals surface area contributed by atoms with Crippen LogP contribution in [0, 0.1) is 0 Å². The molecule has 4 aromatic rings. The zero-order valence-corrected chi connectivity index (χ0v) is 21.0. The third-order valence-electron chi connectivity index (χ3n) is 6.99. The van der Waals surface area contributed by atoms with Crippen molar-refractivity contribution in [3.63, 3.8) is 0 Å². The minimum Gasteiger partial charge on any atom is -0.324 e. The van der Waals surface area contributed by atoms with Gasteiger partial charge in [0.2, 0.25) is 5.95 Å². The molecule has 182 valence electrons. The van der Waals surface area contributed by atoms with Crippen LogP contribution in [-0.4, -0.2) is 35.7 Å². The van der Waals surface area contributed by atoms with E-state index in [1.165, 1.54) is 11.1 Å². The summed E-state index contributed by atoms with van der Waals surface area (Å²) in [5, 5.41) is 12.2. The number of aromatic nitrogens is 6. The van der Waals surface area contributed by atoms with Crippen LogP contribution >= 0.6 is 0 Å². The van der Waals surface area contributed by atoms with Crippen LogP contribution in [0.2, 0.25) is 0 Å². The largest absolute Gasteiger partial charge is 0.324 e. The summed E-state index contributed by atoms with van der Waals surface area (Å²) in [5.74, 6) is 1.15. The number of nitrogens with zero attached hydrogens (tertiary/aromatic N) is 6. The molecule has 0 atom stereocenters. The zero-order chi connectivity index (χ0) is 24.5. The van der Waals surface area contributed by atoms with Crippen molar-refractivity contribution in [1.29, 1.82) is 0 Å². The number of rotatable bonds is 4. The van der Waals surface area contributed by atoms with Gasteiger partial charge in [0.05, 0.1) is 11.6 Å². The molecular weight excluding hydrogens is 440 g/mol. The summed E-state index contributed by atoms with van der Waals surface area (Å²) in [4.78, 5) is 22.6. The van der Waals surface area contributed by atoms with Gasteiger partial charge in [0.1, 0.15) is 5.39 Å². The van der Waals surface area contributed by atoms with Gasteiger partial charge in [-0.2, -0.15) is 10.1 Å². The molecule has 9 nitrogen and oxygen atoms in total. The van der Waals surface area contributed by atoms with Gasteiger partial charge in [0.25, 0.3) is 5.56 Å². The molecule has 35 heavy (non-hydrogen) atoms. The van der Waals surface area contributed by atoms with Crippen LogP contribution in [0.3, 0.4) is 0 Å². The van der Waals surface area contributed by atoms with E-state index in [1.54, 1.807) is 10.9 Å². The third kappa shape index (κ3) is 3.74. The molecule has 0 amide bonds. The van der Waals surface area contributed by atoms with Gasteiger partial charge < -0.3 is 10.6 Å². The van der Waals surface area contributed by atoms with Crippen molar-refractivity contribution < 1.29 is 0 Å². The highest BCUT2D eigenvalue weighted by Gasteiger charge is 2.32. The van der Waals surface area contributed by atoms with E-state index in [0.717, 1.165) is 31.5 Å². The number of hydrogen-bond donors (Lipinski definition) is 2. The fourth-order valence-corrected chi connectivity index (χ4v) is 4.95. The Labute approximate surface area is 204 Å². The third-order valence-corrected chi connectivity index (χ3v) is 6.99. The monoisotopic (exact) mass is 472 g/mol. The van der Waals surface area contributed by atoms with Crippen LogP contribution in [0.1, 0.15) is 64.6 Å². The maximum Gasteiger partial charge on any atom is 0.278 e. The summed E-state index contributed by atoms with van der Waals surface area (Å²) < 4.78 is 5.58. The minimum atomic E-state index is -0.163. The zero-order valence-electron chi connectivity index (χ0n) is 21.0. The lowest BCUT2D eigenvalue weighted by molar-refractivity contribution is 0.353. The predicted molar refractivity (Wildman–Crippen MR) is 137 cm³/mol. The van der Waals surface area contributed by atoms with E-state index in [9.17, 15) is 4.79 Å². The van der Waals surface area contributed by atoms with Gasteiger partial charge in [-0.25, -0.2) is 14.3 Å². The fraction of sp³-hybridized carbons (Fsp3) is 0.462. The topological polar surface area (TPSA) is 94.6 Å². The molecule has 1 aliphatic heterocycles. The average Bonchev–Trinajstić information content (AvgIpc) is 3.42. The van der Waals surface area contributed by atoms with E-state index in [4.69, 9.17) is 10.1 Å². The first kappa shape index (κ1) is 22.0. The molecule has 0 saturated heterocycles. The molecule has 2 aliphatic rings. The normalized spacial score (nSPS) is 17.5. The molecule has 6 rings (SSSR count). The lowest BCUT2D eigenvalue weighted by Gasteiger charge is -2.34. The van der Waals surface area contributed by atoms with Crippen LogP contribution in [0.4, 0.5) is 11.6 Å². The molecule has 1 fully saturated rings. The van der Waals surface area contributed by atoms with E-state index in [-0.39, 0.29) is 22.7 Å². The summed E-state index contributed by atoms with van der Waals surface area (Å²) in [6.07, 6.45) is 6.53. The second-order valence-corrected chi connectivity index (χ2v) is 11.2. The van der Waals surface area contributed by atoms with Gasteiger partial charge in [-0.3, -0.25) is 9.48 Å². The van der Waals surface area contributed by atoms with Crippen LogP contribution in [-0.2, 0) is 17.5 Å². The lowest BCUT2D eigenvalue weighted by Crippen LogP contribution is -2.42. The maximum absolute atomic E-state index is 13.3. The first-order valence-electron chi connectivity index (χ1n) is 12.3. The number of nitrogens with one attached hydrogen (secondary N) is 2. The number of fused-ring (bicyclic) bond motifs is 2. The van der Waals surface area contributed by atoms with Crippen molar-refractivity contribution in [1.82, 2.24) is 34.4 Å². The summed E-state index contributed by atoms with van der Waals surface area (Å²) in [7, 11) is 0. The van der Waals surface area contributed by atoms with Gasteiger partial charge >= 0.3 is 0 Å². The second-order valence-electron chi connectivity index (χ2n) is 11.2. The molecule has 3 aromatic heterocycles. The highest BCUT2D eigenvalue weighted by atomic mass is 16.1. The van der Waals surface area contributed by atoms with Gasteiger partial charge in [0, 0.05) is 29.7 Å². The van der Waals surface area contributed by atoms with E-state index in [2.05, 4.69) is 68.4 Å². The Balaban J connectivity index is 1.43. The summed E-state index contributed by atoms with van der Waals surface area (Å²) in [6, 6.07) is 8.52. The summed E-state index contributed by atoms with van der Waals surface area (Å²) in [6.45, 7) is 11.7. The molecular formula is C26H32N8O. The molecule has 0 bridgehead atoms. The summed E-state index contributed by atoms with van der Waals surface area (Å²) >= 11 is 0. The van der Waals surface area contributed by atoms with Crippen molar-refractivity contribution >= 4 is 22.7 Å². The molecule has 0 spiro atoms. The molecule has 0 radical (unpaired) electrons. The fourth-order valence-electron chi connectivity index (χ4n) is 4.95. The molecule has 1 aliphatic carbocycles. The van der Waals surface area contributed by atoms with Gasteiger partial charge in [-0.05, 0) is 83.7 Å². The average molecular weight is 473 g/mol. The van der Waals surface area contributed by atoms with Crippen molar-refractivity contribution in [3.05, 3.63) is 58.1 Å². The Morgan fingerprint density at radius 2 is 1.97 bits per heavy atom. The van der Waals surface area contributed by atoms with E-state index in [1.807, 2.05) is 21.6 Å². The van der Waals surface area contributed by atoms with Crippen molar-refractivity contribution in [3.8, 4) is 5.82 Å². The highest BCUT2D eigenvalue weighted by molar-refractivity contribution is 5.77. The minimum absolute atomic E-state index is 0.0419. The predicted octanol–water partition coefficient (Wildman–Crippen LogP) is 3.99. The van der Waals surface area contributed by atoms with Crippen molar-refractivity contribution in [2.75, 3.05) is 11.9 Å². The van der Waals surface area contributed by atoms with E-state index in [0.29, 0.717) is 22.8 Å². The van der Waals surface area contributed by atoms with E-state index >= 15 is 0 Å². The van der Waals surface area contributed by atoms with Crippen molar-refractivity contribution in [2.24, 2.45) is 0 Å². The Morgan fingerprint density at radius 3 is 2.69 bits per heavy atom. The first-order valence-corrected chi connectivity index (χ1v) is 12.3. The molecule has 0 unspecified atom stereocenters. The molecule has 9 heteroatoms. The van der Waals surface area contributed by atoms with E-state index < -0.39 is 0 Å². The Morgan fingerprint density at radius 1 is 1.17 bits per heavy atom. The molecule has 1 aromatic carbocycles. The SMILES string of the molecule is CC1(C)NCCc2cc(Nc3ncc4c(=O)n(C5CC5)n(-c5ccn(C(C)(C)C)n5)c4n3)ccc21. The van der Waals surface area contributed by atoms with Crippen molar-refractivity contribution in [2.45, 2.75) is 71.0 Å². The van der Waals surface area contributed by atoms with Gasteiger partial charge in [-0.15, -0.1) is 0 Å². The Kier molecular flexibility index (Phi) is 4.73. The molecule has 4 heterocycles. The van der Waals surface area contributed by atoms with Crippen LogP contribution in [0.5, 0.6) is 0 Å². The Bertz CT molecular complexity index is 1500. The standard InChI is InChI=1S/C26H32N8O/c1-25(2,3)32-13-11-21(31-32)34-22-19(23(35)33(34)18-7-8-18)15-27-24(30-22)29-17-6-9-20-16(14-17)10-12-28-26(20,4)5/h6,9,11,13-15,18,28H,7-8,10,12H2,1-5H3,(H,27,29,30). The number of benzene rings is 1.